The molecule has 0 radical (unpaired) electrons. The second-order valence-electron chi connectivity index (χ2n) is 3.03. The first-order valence-electron chi connectivity index (χ1n) is 3.98. The van der Waals surface area contributed by atoms with Crippen molar-refractivity contribution in [2.75, 3.05) is 19.6 Å². The molecule has 1 aliphatic rings. The Hall–Kier alpha value is -0.770. The molecule has 0 unspecified atom stereocenters. The first-order chi connectivity index (χ1) is 5.24. The van der Waals surface area contributed by atoms with E-state index in [1.165, 1.54) is 0 Å². The number of amides is 2. The Morgan fingerprint density at radius 1 is 1.64 bits per heavy atom. The Morgan fingerprint density at radius 3 is 2.91 bits per heavy atom. The van der Waals surface area contributed by atoms with Crippen LogP contribution in [0.3, 0.4) is 0 Å². The average Bonchev–Trinajstić information content (AvgIpc) is 2.05. The molecule has 0 saturated carbocycles. The first-order valence-corrected chi connectivity index (χ1v) is 3.98. The van der Waals surface area contributed by atoms with Gasteiger partial charge < -0.3 is 16.4 Å². The van der Waals surface area contributed by atoms with Crippen LogP contribution >= 0.6 is 0 Å². The summed E-state index contributed by atoms with van der Waals surface area (Å²) in [6, 6.07) is -0.317. The number of nitrogens with zero attached hydrogens (tertiary/aromatic N) is 1. The fraction of sp³-hybridized carbons (Fsp3) is 0.857. The van der Waals surface area contributed by atoms with Crippen LogP contribution in [0.2, 0.25) is 0 Å². The zero-order valence-corrected chi connectivity index (χ0v) is 6.62. The average molecular weight is 157 g/mol. The SMILES string of the molecule is NC[C@H]1CCCN(C(N)=O)C1. The molecule has 1 aliphatic heterocycles. The van der Waals surface area contributed by atoms with E-state index < -0.39 is 0 Å². The van der Waals surface area contributed by atoms with Crippen LogP contribution in [-0.2, 0) is 0 Å². The molecule has 64 valence electrons. The lowest BCUT2D eigenvalue weighted by Gasteiger charge is -2.30. The van der Waals surface area contributed by atoms with E-state index in [1.54, 1.807) is 4.90 Å². The molecule has 1 saturated heterocycles. The maximum absolute atomic E-state index is 10.7. The number of likely N-dealkylation sites (tertiary alicyclic amines) is 1. The Bertz CT molecular complexity index is 149. The third kappa shape index (κ3) is 2.08. The zero-order chi connectivity index (χ0) is 8.27. The highest BCUT2D eigenvalue weighted by Gasteiger charge is 2.20. The summed E-state index contributed by atoms with van der Waals surface area (Å²) in [5.74, 6) is 0.455. The summed E-state index contributed by atoms with van der Waals surface area (Å²) in [4.78, 5) is 12.4. The molecule has 2 amide bonds. The number of piperidine rings is 1. The van der Waals surface area contributed by atoms with Crippen LogP contribution in [0.1, 0.15) is 12.8 Å². The second-order valence-corrected chi connectivity index (χ2v) is 3.03. The first kappa shape index (κ1) is 8.33. The van der Waals surface area contributed by atoms with Crippen LogP contribution in [0.15, 0.2) is 0 Å². The van der Waals surface area contributed by atoms with E-state index in [2.05, 4.69) is 0 Å². The molecule has 0 spiro atoms. The minimum absolute atomic E-state index is 0.317. The minimum Gasteiger partial charge on any atom is -0.351 e. The fourth-order valence-corrected chi connectivity index (χ4v) is 1.46. The molecule has 4 nitrogen and oxygen atoms in total. The van der Waals surface area contributed by atoms with Crippen molar-refractivity contribution in [3.8, 4) is 0 Å². The van der Waals surface area contributed by atoms with Gasteiger partial charge in [0.2, 0.25) is 0 Å². The topological polar surface area (TPSA) is 72.3 Å². The van der Waals surface area contributed by atoms with Gasteiger partial charge in [0, 0.05) is 13.1 Å². The van der Waals surface area contributed by atoms with Crippen molar-refractivity contribution in [3.05, 3.63) is 0 Å². The van der Waals surface area contributed by atoms with E-state index in [0.29, 0.717) is 12.5 Å². The molecule has 0 aromatic rings. The largest absolute Gasteiger partial charge is 0.351 e. The lowest BCUT2D eigenvalue weighted by atomic mass is 9.99. The molecule has 1 rings (SSSR count). The van der Waals surface area contributed by atoms with Crippen LogP contribution in [-0.4, -0.2) is 30.6 Å². The number of carbonyl (C=O) groups excluding carboxylic acids is 1. The molecule has 1 fully saturated rings. The maximum Gasteiger partial charge on any atom is 0.314 e. The predicted molar refractivity (Wildman–Crippen MR) is 42.9 cm³/mol. The van der Waals surface area contributed by atoms with Gasteiger partial charge in [-0.25, -0.2) is 4.79 Å². The standard InChI is InChI=1S/C7H15N3O/c8-4-6-2-1-3-10(5-6)7(9)11/h6H,1-5,8H2,(H2,9,11)/t6-/m1/s1. The summed E-state index contributed by atoms with van der Waals surface area (Å²) < 4.78 is 0. The zero-order valence-electron chi connectivity index (χ0n) is 6.62. The smallest absolute Gasteiger partial charge is 0.314 e. The van der Waals surface area contributed by atoms with Crippen molar-refractivity contribution in [1.29, 1.82) is 0 Å². The molecule has 0 aromatic heterocycles. The van der Waals surface area contributed by atoms with Gasteiger partial charge in [0.15, 0.2) is 0 Å². The van der Waals surface area contributed by atoms with E-state index in [4.69, 9.17) is 11.5 Å². The molecule has 1 heterocycles. The highest BCUT2D eigenvalue weighted by molar-refractivity contribution is 5.72. The summed E-state index contributed by atoms with van der Waals surface area (Å²) in [6.07, 6.45) is 2.16. The van der Waals surface area contributed by atoms with Crippen molar-refractivity contribution >= 4 is 6.03 Å². The van der Waals surface area contributed by atoms with E-state index in [1.807, 2.05) is 0 Å². The maximum atomic E-state index is 10.7. The van der Waals surface area contributed by atoms with Gasteiger partial charge in [-0.15, -0.1) is 0 Å². The normalized spacial score (nSPS) is 25.2. The highest BCUT2D eigenvalue weighted by Crippen LogP contribution is 2.14. The number of carbonyl (C=O) groups is 1. The van der Waals surface area contributed by atoms with E-state index >= 15 is 0 Å². The molecule has 0 aliphatic carbocycles. The van der Waals surface area contributed by atoms with Gasteiger partial charge in [0.25, 0.3) is 0 Å². The summed E-state index contributed by atoms with van der Waals surface area (Å²) >= 11 is 0. The van der Waals surface area contributed by atoms with Crippen molar-refractivity contribution in [2.24, 2.45) is 17.4 Å². The van der Waals surface area contributed by atoms with Crippen LogP contribution < -0.4 is 11.5 Å². The summed E-state index contributed by atoms with van der Waals surface area (Å²) in [7, 11) is 0. The summed E-state index contributed by atoms with van der Waals surface area (Å²) in [5, 5.41) is 0. The van der Waals surface area contributed by atoms with Gasteiger partial charge in [-0.2, -0.15) is 0 Å². The Kier molecular flexibility index (Phi) is 2.70. The Balaban J connectivity index is 2.39. The fourth-order valence-electron chi connectivity index (χ4n) is 1.46. The molecule has 0 bridgehead atoms. The van der Waals surface area contributed by atoms with E-state index in [9.17, 15) is 4.79 Å². The number of hydrogen-bond acceptors (Lipinski definition) is 2. The van der Waals surface area contributed by atoms with Crippen molar-refractivity contribution in [2.45, 2.75) is 12.8 Å². The predicted octanol–water partition coefficient (Wildman–Crippen LogP) is -0.264. The Labute approximate surface area is 66.5 Å². The van der Waals surface area contributed by atoms with Gasteiger partial charge >= 0.3 is 6.03 Å². The van der Waals surface area contributed by atoms with Crippen LogP contribution in [0.4, 0.5) is 4.79 Å². The molecular weight excluding hydrogens is 142 g/mol. The van der Waals surface area contributed by atoms with Gasteiger partial charge in [-0.05, 0) is 25.3 Å². The number of rotatable bonds is 1. The monoisotopic (exact) mass is 157 g/mol. The van der Waals surface area contributed by atoms with Crippen molar-refractivity contribution in [3.63, 3.8) is 0 Å². The molecule has 1 atom stereocenters. The van der Waals surface area contributed by atoms with Gasteiger partial charge in [0.1, 0.15) is 0 Å². The molecule has 4 heteroatoms. The lowest BCUT2D eigenvalue weighted by Crippen LogP contribution is -2.44. The van der Waals surface area contributed by atoms with Crippen molar-refractivity contribution in [1.82, 2.24) is 4.90 Å². The van der Waals surface area contributed by atoms with Gasteiger partial charge in [-0.1, -0.05) is 0 Å². The van der Waals surface area contributed by atoms with Crippen LogP contribution in [0.25, 0.3) is 0 Å². The summed E-state index contributed by atoms with van der Waals surface area (Å²) in [6.45, 7) is 2.20. The highest BCUT2D eigenvalue weighted by atomic mass is 16.2. The van der Waals surface area contributed by atoms with E-state index in [-0.39, 0.29) is 6.03 Å². The third-order valence-electron chi connectivity index (χ3n) is 2.16. The van der Waals surface area contributed by atoms with Crippen LogP contribution in [0, 0.1) is 5.92 Å². The van der Waals surface area contributed by atoms with Crippen molar-refractivity contribution < 1.29 is 4.79 Å². The third-order valence-corrected chi connectivity index (χ3v) is 2.16. The van der Waals surface area contributed by atoms with Crippen LogP contribution in [0.5, 0.6) is 0 Å². The summed E-state index contributed by atoms with van der Waals surface area (Å²) in [5.41, 5.74) is 10.6. The number of primary amides is 1. The quantitative estimate of drug-likeness (QED) is 0.550. The molecule has 0 aromatic carbocycles. The van der Waals surface area contributed by atoms with E-state index in [0.717, 1.165) is 25.9 Å². The number of hydrogen-bond donors (Lipinski definition) is 2. The molecule has 11 heavy (non-hydrogen) atoms. The lowest BCUT2D eigenvalue weighted by molar-refractivity contribution is 0.176. The molecular formula is C7H15N3O. The molecule has 4 N–H and O–H groups in total. The Morgan fingerprint density at radius 2 is 2.36 bits per heavy atom. The van der Waals surface area contributed by atoms with Gasteiger partial charge in [-0.3, -0.25) is 0 Å². The number of nitrogens with two attached hydrogens (primary N) is 2. The second kappa shape index (κ2) is 3.57. The minimum atomic E-state index is -0.317. The van der Waals surface area contributed by atoms with Gasteiger partial charge in [0.05, 0.1) is 0 Å². The number of urea groups is 1.